The molecule has 0 radical (unpaired) electrons. The normalized spacial score (nSPS) is 16.8. The minimum atomic E-state index is 0.836. The van der Waals surface area contributed by atoms with Gasteiger partial charge in [0.1, 0.15) is 5.82 Å². The number of rotatable bonds is 7. The van der Waals surface area contributed by atoms with E-state index in [4.69, 9.17) is 5.73 Å². The fourth-order valence-electron chi connectivity index (χ4n) is 2.57. The molecule has 1 aliphatic rings. The number of nitrogens with zero attached hydrogens (tertiary/aromatic N) is 3. The molecule has 1 aromatic heterocycles. The van der Waals surface area contributed by atoms with Gasteiger partial charge >= 0.3 is 0 Å². The van der Waals surface area contributed by atoms with Gasteiger partial charge in [0.15, 0.2) is 0 Å². The van der Waals surface area contributed by atoms with E-state index in [-0.39, 0.29) is 0 Å². The van der Waals surface area contributed by atoms with E-state index in [1.54, 1.807) is 0 Å². The van der Waals surface area contributed by atoms with Crippen LogP contribution in [-0.4, -0.2) is 49.2 Å². The van der Waals surface area contributed by atoms with Gasteiger partial charge in [0.2, 0.25) is 0 Å². The molecule has 2 rings (SSSR count). The van der Waals surface area contributed by atoms with Crippen molar-refractivity contribution in [1.29, 1.82) is 0 Å². The van der Waals surface area contributed by atoms with Crippen molar-refractivity contribution in [1.82, 2.24) is 9.88 Å². The topological polar surface area (TPSA) is 45.4 Å². The zero-order valence-corrected chi connectivity index (χ0v) is 11.8. The Morgan fingerprint density at radius 3 is 2.47 bits per heavy atom. The van der Waals surface area contributed by atoms with Crippen molar-refractivity contribution in [3.63, 3.8) is 0 Å². The summed E-state index contributed by atoms with van der Waals surface area (Å²) in [6.07, 6.45) is 6.96. The summed E-state index contributed by atoms with van der Waals surface area (Å²) in [6, 6.07) is 6.13. The molecule has 2 heterocycles. The first-order valence-corrected chi connectivity index (χ1v) is 7.48. The summed E-state index contributed by atoms with van der Waals surface area (Å²) >= 11 is 0. The van der Waals surface area contributed by atoms with E-state index < -0.39 is 0 Å². The number of anilines is 1. The highest BCUT2D eigenvalue weighted by atomic mass is 15.3. The molecule has 0 bridgehead atoms. The first-order chi connectivity index (χ1) is 9.40. The van der Waals surface area contributed by atoms with Gasteiger partial charge in [-0.3, -0.25) is 4.90 Å². The molecule has 2 N–H and O–H groups in total. The van der Waals surface area contributed by atoms with Gasteiger partial charge in [-0.2, -0.15) is 0 Å². The molecule has 0 amide bonds. The van der Waals surface area contributed by atoms with Gasteiger partial charge in [0.05, 0.1) is 0 Å². The van der Waals surface area contributed by atoms with Crippen LogP contribution in [0.5, 0.6) is 0 Å². The maximum absolute atomic E-state index is 5.50. The molecule has 1 aromatic rings. The lowest BCUT2D eigenvalue weighted by Gasteiger charge is -2.35. The van der Waals surface area contributed by atoms with Gasteiger partial charge in [-0.15, -0.1) is 0 Å². The monoisotopic (exact) mass is 262 g/mol. The molecular weight excluding hydrogens is 236 g/mol. The SMILES string of the molecule is NCCCCCCN1CCN(c2ccccn2)CC1. The second-order valence-electron chi connectivity index (χ2n) is 5.22. The van der Waals surface area contributed by atoms with Crippen LogP contribution in [0.25, 0.3) is 0 Å². The molecule has 19 heavy (non-hydrogen) atoms. The molecule has 0 aromatic carbocycles. The Morgan fingerprint density at radius 2 is 1.79 bits per heavy atom. The van der Waals surface area contributed by atoms with Gasteiger partial charge < -0.3 is 10.6 Å². The summed E-state index contributed by atoms with van der Waals surface area (Å²) in [5.74, 6) is 1.12. The molecular formula is C15H26N4. The van der Waals surface area contributed by atoms with Crippen molar-refractivity contribution in [2.24, 2.45) is 5.73 Å². The van der Waals surface area contributed by atoms with Crippen LogP contribution >= 0.6 is 0 Å². The van der Waals surface area contributed by atoms with Crippen molar-refractivity contribution in [2.75, 3.05) is 44.2 Å². The van der Waals surface area contributed by atoms with Crippen LogP contribution < -0.4 is 10.6 Å². The lowest BCUT2D eigenvalue weighted by molar-refractivity contribution is 0.251. The smallest absolute Gasteiger partial charge is 0.128 e. The lowest BCUT2D eigenvalue weighted by Crippen LogP contribution is -2.46. The zero-order valence-electron chi connectivity index (χ0n) is 11.8. The first-order valence-electron chi connectivity index (χ1n) is 7.48. The van der Waals surface area contributed by atoms with E-state index in [0.29, 0.717) is 0 Å². The minimum Gasteiger partial charge on any atom is -0.354 e. The fraction of sp³-hybridized carbons (Fsp3) is 0.667. The van der Waals surface area contributed by atoms with Gasteiger partial charge in [-0.05, 0) is 38.1 Å². The second kappa shape index (κ2) is 8.12. The molecule has 0 unspecified atom stereocenters. The van der Waals surface area contributed by atoms with Crippen molar-refractivity contribution in [3.8, 4) is 0 Å². The van der Waals surface area contributed by atoms with Crippen LogP contribution in [-0.2, 0) is 0 Å². The molecule has 0 spiro atoms. The highest BCUT2D eigenvalue weighted by Crippen LogP contribution is 2.13. The molecule has 1 aliphatic heterocycles. The number of hydrogen-bond donors (Lipinski definition) is 1. The third kappa shape index (κ3) is 4.80. The van der Waals surface area contributed by atoms with Crippen LogP contribution in [0.1, 0.15) is 25.7 Å². The van der Waals surface area contributed by atoms with Crippen molar-refractivity contribution >= 4 is 5.82 Å². The molecule has 0 saturated carbocycles. The molecule has 1 saturated heterocycles. The summed E-state index contributed by atoms with van der Waals surface area (Å²) < 4.78 is 0. The van der Waals surface area contributed by atoms with E-state index in [9.17, 15) is 0 Å². The predicted molar refractivity (Wildman–Crippen MR) is 80.4 cm³/mol. The van der Waals surface area contributed by atoms with Gasteiger partial charge in [-0.1, -0.05) is 18.9 Å². The Labute approximate surface area is 116 Å². The van der Waals surface area contributed by atoms with E-state index in [2.05, 4.69) is 26.9 Å². The molecule has 0 aliphatic carbocycles. The second-order valence-corrected chi connectivity index (χ2v) is 5.22. The summed E-state index contributed by atoms with van der Waals surface area (Å²) in [6.45, 7) is 6.59. The highest BCUT2D eigenvalue weighted by Gasteiger charge is 2.16. The van der Waals surface area contributed by atoms with Crippen molar-refractivity contribution in [2.45, 2.75) is 25.7 Å². The van der Waals surface area contributed by atoms with Crippen LogP contribution in [0.15, 0.2) is 24.4 Å². The lowest BCUT2D eigenvalue weighted by atomic mass is 10.2. The third-order valence-corrected chi connectivity index (χ3v) is 3.77. The van der Waals surface area contributed by atoms with E-state index >= 15 is 0 Å². The van der Waals surface area contributed by atoms with Crippen LogP contribution in [0.2, 0.25) is 0 Å². The Kier molecular flexibility index (Phi) is 6.11. The summed E-state index contributed by atoms with van der Waals surface area (Å²) in [7, 11) is 0. The van der Waals surface area contributed by atoms with Gasteiger partial charge in [0, 0.05) is 32.4 Å². The van der Waals surface area contributed by atoms with E-state index in [1.165, 1.54) is 32.2 Å². The highest BCUT2D eigenvalue weighted by molar-refractivity contribution is 5.38. The predicted octanol–water partition coefficient (Wildman–Crippen LogP) is 1.72. The standard InChI is InChI=1S/C15H26N4/c16-8-4-1-2-6-10-18-11-13-19(14-12-18)15-7-3-5-9-17-15/h3,5,7,9H,1-2,4,6,8,10-14,16H2. The number of pyridine rings is 1. The summed E-state index contributed by atoms with van der Waals surface area (Å²) in [4.78, 5) is 9.37. The Morgan fingerprint density at radius 1 is 1.00 bits per heavy atom. The van der Waals surface area contributed by atoms with Crippen LogP contribution in [0.3, 0.4) is 0 Å². The van der Waals surface area contributed by atoms with E-state index in [0.717, 1.165) is 38.5 Å². The maximum Gasteiger partial charge on any atom is 0.128 e. The summed E-state index contributed by atoms with van der Waals surface area (Å²) in [5.41, 5.74) is 5.50. The minimum absolute atomic E-state index is 0.836. The molecule has 1 fully saturated rings. The molecule has 4 nitrogen and oxygen atoms in total. The van der Waals surface area contributed by atoms with Gasteiger partial charge in [0.25, 0.3) is 0 Å². The van der Waals surface area contributed by atoms with Crippen molar-refractivity contribution in [3.05, 3.63) is 24.4 Å². The molecule has 106 valence electrons. The molecule has 4 heteroatoms. The zero-order chi connectivity index (χ0) is 13.3. The Hall–Kier alpha value is -1.13. The number of unbranched alkanes of at least 4 members (excludes halogenated alkanes) is 3. The average molecular weight is 262 g/mol. The third-order valence-electron chi connectivity index (χ3n) is 3.77. The fourth-order valence-corrected chi connectivity index (χ4v) is 2.57. The number of hydrogen-bond acceptors (Lipinski definition) is 4. The first kappa shape index (κ1) is 14.3. The number of nitrogens with two attached hydrogens (primary N) is 1. The quantitative estimate of drug-likeness (QED) is 0.760. The maximum atomic E-state index is 5.50. The molecule has 0 atom stereocenters. The Balaban J connectivity index is 1.63. The largest absolute Gasteiger partial charge is 0.354 e. The number of piperazine rings is 1. The van der Waals surface area contributed by atoms with E-state index in [1.807, 2.05) is 12.3 Å². The van der Waals surface area contributed by atoms with Crippen LogP contribution in [0, 0.1) is 0 Å². The van der Waals surface area contributed by atoms with Crippen molar-refractivity contribution < 1.29 is 0 Å². The summed E-state index contributed by atoms with van der Waals surface area (Å²) in [5, 5.41) is 0. The Bertz CT molecular complexity index is 333. The van der Waals surface area contributed by atoms with Gasteiger partial charge in [-0.25, -0.2) is 4.98 Å². The average Bonchev–Trinajstić information content (AvgIpc) is 2.49. The van der Waals surface area contributed by atoms with Crippen LogP contribution in [0.4, 0.5) is 5.82 Å². The number of aromatic nitrogens is 1.